The van der Waals surface area contributed by atoms with Crippen LogP contribution in [0.4, 0.5) is 0 Å². The van der Waals surface area contributed by atoms with Gasteiger partial charge in [0.1, 0.15) is 0 Å². The lowest BCUT2D eigenvalue weighted by Crippen LogP contribution is -2.27. The molecule has 0 aliphatic rings. The summed E-state index contributed by atoms with van der Waals surface area (Å²) in [5.41, 5.74) is 0. The van der Waals surface area contributed by atoms with Crippen molar-refractivity contribution in [1.29, 1.82) is 0 Å². The van der Waals surface area contributed by atoms with Crippen molar-refractivity contribution in [3.63, 3.8) is 0 Å². The molecule has 0 nitrogen and oxygen atoms in total. The second-order valence-electron chi connectivity index (χ2n) is 5.28. The zero-order chi connectivity index (χ0) is 15.4. The Morgan fingerprint density at radius 3 is 1.14 bits per heavy atom. The summed E-state index contributed by atoms with van der Waals surface area (Å²) < 4.78 is 0. The predicted molar refractivity (Wildman–Crippen MR) is 104 cm³/mol. The molecule has 3 aromatic carbocycles. The lowest BCUT2D eigenvalue weighted by molar-refractivity contribution is 1.76. The minimum absolute atomic E-state index is 0.298. The van der Waals surface area contributed by atoms with Gasteiger partial charge < -0.3 is 0 Å². The van der Waals surface area contributed by atoms with Crippen LogP contribution < -0.4 is 21.2 Å². The van der Waals surface area contributed by atoms with E-state index in [-0.39, 0.29) is 15.8 Å². The molecule has 2 atom stereocenters. The third kappa shape index (κ3) is 3.30. The largest absolute Gasteiger partial charge is 0.0622 e. The van der Waals surface area contributed by atoms with E-state index in [2.05, 4.69) is 98.3 Å². The molecule has 22 heavy (non-hydrogen) atoms. The van der Waals surface area contributed by atoms with Gasteiger partial charge in [-0.3, -0.25) is 0 Å². The molecule has 0 saturated carbocycles. The number of hydrogen-bond acceptors (Lipinski definition) is 0. The summed E-state index contributed by atoms with van der Waals surface area (Å²) in [6.45, 7) is 4.75. The van der Waals surface area contributed by atoms with E-state index in [0.29, 0.717) is 0 Å². The molecule has 0 fully saturated rings. The topological polar surface area (TPSA) is 0 Å². The third-order valence-corrected chi connectivity index (χ3v) is 8.44. The van der Waals surface area contributed by atoms with E-state index < -0.39 is 0 Å². The molecule has 0 heterocycles. The lowest BCUT2D eigenvalue weighted by Gasteiger charge is -2.22. The number of rotatable bonds is 4. The summed E-state index contributed by atoms with van der Waals surface area (Å²) in [5.74, 6) is 0. The quantitative estimate of drug-likeness (QED) is 0.641. The standard InChI is InChI=1S/C20H20P2/c1-21(17-11-5-3-6-12-17)19-15-9-10-16-20(19)22(2)18-13-7-4-8-14-18/h3-16H,1-2H3. The maximum atomic E-state index is 2.37. The molecule has 0 saturated heterocycles. The summed E-state index contributed by atoms with van der Waals surface area (Å²) in [7, 11) is -0.596. The molecule has 2 heteroatoms. The molecule has 2 unspecified atom stereocenters. The molecule has 3 rings (SSSR count). The number of benzene rings is 3. The minimum Gasteiger partial charge on any atom is -0.0622 e. The molecular weight excluding hydrogens is 302 g/mol. The lowest BCUT2D eigenvalue weighted by atomic mass is 10.4. The zero-order valence-electron chi connectivity index (χ0n) is 13.0. The van der Waals surface area contributed by atoms with Gasteiger partial charge in [-0.1, -0.05) is 84.9 Å². The second-order valence-corrected chi connectivity index (χ2v) is 9.51. The maximum Gasteiger partial charge on any atom is -0.0118 e. The highest BCUT2D eigenvalue weighted by molar-refractivity contribution is 7.78. The first-order chi connectivity index (χ1) is 10.8. The van der Waals surface area contributed by atoms with Gasteiger partial charge in [0.2, 0.25) is 0 Å². The average Bonchev–Trinajstić information content (AvgIpc) is 2.62. The van der Waals surface area contributed by atoms with E-state index in [4.69, 9.17) is 0 Å². The van der Waals surface area contributed by atoms with Gasteiger partial charge in [-0.25, -0.2) is 0 Å². The normalized spacial score (nSPS) is 13.5. The first-order valence-corrected chi connectivity index (χ1v) is 11.0. The van der Waals surface area contributed by atoms with E-state index in [1.54, 1.807) is 0 Å². The first kappa shape index (κ1) is 15.4. The van der Waals surface area contributed by atoms with Crippen molar-refractivity contribution in [3.8, 4) is 0 Å². The van der Waals surface area contributed by atoms with Crippen LogP contribution >= 0.6 is 15.8 Å². The monoisotopic (exact) mass is 322 g/mol. The Kier molecular flexibility index (Phi) is 5.04. The Hall–Kier alpha value is -1.48. The highest BCUT2D eigenvalue weighted by atomic mass is 31.1. The third-order valence-electron chi connectivity index (χ3n) is 3.89. The van der Waals surface area contributed by atoms with Gasteiger partial charge >= 0.3 is 0 Å². The van der Waals surface area contributed by atoms with E-state index in [9.17, 15) is 0 Å². The van der Waals surface area contributed by atoms with Crippen LogP contribution in [0.5, 0.6) is 0 Å². The van der Waals surface area contributed by atoms with Crippen LogP contribution in [0.15, 0.2) is 84.9 Å². The first-order valence-electron chi connectivity index (χ1n) is 7.44. The fourth-order valence-electron chi connectivity index (χ4n) is 2.61. The SMILES string of the molecule is CP(c1ccccc1)c1ccccc1P(C)c1ccccc1. The average molecular weight is 322 g/mol. The van der Waals surface area contributed by atoms with Crippen LogP contribution in [0, 0.1) is 0 Å². The second kappa shape index (κ2) is 7.19. The van der Waals surface area contributed by atoms with Crippen LogP contribution in [0.25, 0.3) is 0 Å². The molecule has 0 bridgehead atoms. The van der Waals surface area contributed by atoms with E-state index in [1.165, 1.54) is 21.2 Å². The van der Waals surface area contributed by atoms with Gasteiger partial charge in [0, 0.05) is 0 Å². The van der Waals surface area contributed by atoms with Crippen molar-refractivity contribution < 1.29 is 0 Å². The van der Waals surface area contributed by atoms with Crippen molar-refractivity contribution in [3.05, 3.63) is 84.9 Å². The molecule has 0 spiro atoms. The smallest absolute Gasteiger partial charge is 0.0118 e. The van der Waals surface area contributed by atoms with Crippen molar-refractivity contribution in [2.75, 3.05) is 13.3 Å². The molecule has 0 aliphatic heterocycles. The summed E-state index contributed by atoms with van der Waals surface area (Å²) in [6.07, 6.45) is 0. The van der Waals surface area contributed by atoms with Gasteiger partial charge in [-0.15, -0.1) is 0 Å². The molecule has 110 valence electrons. The van der Waals surface area contributed by atoms with Crippen molar-refractivity contribution in [2.24, 2.45) is 0 Å². The Morgan fingerprint density at radius 2 is 0.773 bits per heavy atom. The Bertz CT molecular complexity index is 658. The van der Waals surface area contributed by atoms with Gasteiger partial charge in [-0.2, -0.15) is 0 Å². The fourth-order valence-corrected chi connectivity index (χ4v) is 6.76. The molecule has 0 aromatic heterocycles. The van der Waals surface area contributed by atoms with Gasteiger partial charge in [-0.05, 0) is 50.4 Å². The van der Waals surface area contributed by atoms with E-state index in [0.717, 1.165) is 0 Å². The van der Waals surface area contributed by atoms with E-state index >= 15 is 0 Å². The molecule has 0 aliphatic carbocycles. The van der Waals surface area contributed by atoms with E-state index in [1.807, 2.05) is 0 Å². The summed E-state index contributed by atoms with van der Waals surface area (Å²) in [5, 5.41) is 5.92. The molecule has 3 aromatic rings. The van der Waals surface area contributed by atoms with Gasteiger partial charge in [0.15, 0.2) is 0 Å². The van der Waals surface area contributed by atoms with Crippen LogP contribution in [0.1, 0.15) is 0 Å². The summed E-state index contributed by atoms with van der Waals surface area (Å²) in [6, 6.07) is 30.7. The summed E-state index contributed by atoms with van der Waals surface area (Å²) >= 11 is 0. The Labute approximate surface area is 135 Å². The molecule has 0 amide bonds. The van der Waals surface area contributed by atoms with Crippen LogP contribution in [-0.2, 0) is 0 Å². The van der Waals surface area contributed by atoms with Gasteiger partial charge in [0.25, 0.3) is 0 Å². The van der Waals surface area contributed by atoms with Crippen molar-refractivity contribution >= 4 is 37.1 Å². The highest BCUT2D eigenvalue weighted by Gasteiger charge is 2.16. The predicted octanol–water partition coefficient (Wildman–Crippen LogP) is 3.81. The Balaban J connectivity index is 2.00. The number of hydrogen-bond donors (Lipinski definition) is 0. The van der Waals surface area contributed by atoms with Crippen LogP contribution in [-0.4, -0.2) is 13.3 Å². The maximum absolute atomic E-state index is 2.37. The zero-order valence-corrected chi connectivity index (χ0v) is 14.8. The summed E-state index contributed by atoms with van der Waals surface area (Å²) in [4.78, 5) is 0. The van der Waals surface area contributed by atoms with Crippen LogP contribution in [0.3, 0.4) is 0 Å². The van der Waals surface area contributed by atoms with Gasteiger partial charge in [0.05, 0.1) is 0 Å². The molecule has 0 N–H and O–H groups in total. The van der Waals surface area contributed by atoms with Crippen molar-refractivity contribution in [2.45, 2.75) is 0 Å². The molecule has 0 radical (unpaired) electrons. The van der Waals surface area contributed by atoms with Crippen LogP contribution in [0.2, 0.25) is 0 Å². The van der Waals surface area contributed by atoms with Crippen molar-refractivity contribution in [1.82, 2.24) is 0 Å². The Morgan fingerprint density at radius 1 is 0.455 bits per heavy atom. The minimum atomic E-state index is -0.298. The highest BCUT2D eigenvalue weighted by Crippen LogP contribution is 2.34. The fraction of sp³-hybridized carbons (Fsp3) is 0.100. The molecular formula is C20H20P2.